The summed E-state index contributed by atoms with van der Waals surface area (Å²) in [4.78, 5) is 46.7. The maximum Gasteiger partial charge on any atom is 0.323 e. The number of aliphatic carboxylic acids is 1. The highest BCUT2D eigenvalue weighted by atomic mass is 16.5. The highest BCUT2D eigenvalue weighted by Crippen LogP contribution is 2.24. The largest absolute Gasteiger partial charge is 0.480 e. The SMILES string of the molecule is CC(C)CN(C(=O)c1nc2ccccc2n1CC(=O)O)[C@@H]1CNC[C@H](C(=O)N2CCOCC2)C1. The summed E-state index contributed by atoms with van der Waals surface area (Å²) in [5, 5.41) is 12.8. The van der Waals surface area contributed by atoms with E-state index in [1.54, 1.807) is 23.1 Å². The van der Waals surface area contributed by atoms with Crippen LogP contribution in [0.1, 0.15) is 30.9 Å². The van der Waals surface area contributed by atoms with Crippen LogP contribution in [0, 0.1) is 11.8 Å². The molecule has 34 heavy (non-hydrogen) atoms. The molecule has 1 aromatic carbocycles. The van der Waals surface area contributed by atoms with Gasteiger partial charge in [-0.15, -0.1) is 0 Å². The number of piperidine rings is 1. The van der Waals surface area contributed by atoms with Gasteiger partial charge in [0.25, 0.3) is 5.91 Å². The van der Waals surface area contributed by atoms with Crippen LogP contribution in [-0.4, -0.2) is 94.2 Å². The van der Waals surface area contributed by atoms with E-state index in [2.05, 4.69) is 10.3 Å². The van der Waals surface area contributed by atoms with Crippen LogP contribution in [0.15, 0.2) is 24.3 Å². The van der Waals surface area contributed by atoms with E-state index in [0.29, 0.717) is 63.4 Å². The molecule has 0 aliphatic carbocycles. The summed E-state index contributed by atoms with van der Waals surface area (Å²) in [6, 6.07) is 6.96. The van der Waals surface area contributed by atoms with Crippen molar-refractivity contribution in [2.45, 2.75) is 32.9 Å². The first-order valence-electron chi connectivity index (χ1n) is 11.9. The Morgan fingerprint density at radius 1 is 1.21 bits per heavy atom. The Labute approximate surface area is 198 Å². The lowest BCUT2D eigenvalue weighted by molar-refractivity contribution is -0.141. The molecular formula is C24H33N5O5. The monoisotopic (exact) mass is 471 g/mol. The maximum atomic E-state index is 13.8. The molecule has 2 N–H and O–H groups in total. The number of aromatic nitrogens is 2. The molecule has 1 aromatic heterocycles. The summed E-state index contributed by atoms with van der Waals surface area (Å²) < 4.78 is 6.84. The summed E-state index contributed by atoms with van der Waals surface area (Å²) in [6.07, 6.45) is 0.556. The molecule has 10 nitrogen and oxygen atoms in total. The Morgan fingerprint density at radius 2 is 1.94 bits per heavy atom. The fourth-order valence-corrected chi connectivity index (χ4v) is 4.84. The number of rotatable bonds is 7. The molecule has 2 aromatic rings. The van der Waals surface area contributed by atoms with Gasteiger partial charge in [0.1, 0.15) is 6.54 Å². The van der Waals surface area contributed by atoms with Crippen LogP contribution >= 0.6 is 0 Å². The van der Waals surface area contributed by atoms with Gasteiger partial charge in [-0.3, -0.25) is 14.4 Å². The molecule has 2 aliphatic rings. The fourth-order valence-electron chi connectivity index (χ4n) is 4.84. The summed E-state index contributed by atoms with van der Waals surface area (Å²) in [5.41, 5.74) is 1.19. The molecule has 10 heteroatoms. The van der Waals surface area contributed by atoms with E-state index < -0.39 is 5.97 Å². The van der Waals surface area contributed by atoms with Crippen LogP contribution in [0.25, 0.3) is 11.0 Å². The van der Waals surface area contributed by atoms with E-state index in [9.17, 15) is 19.5 Å². The van der Waals surface area contributed by atoms with E-state index in [4.69, 9.17) is 4.74 Å². The number of carboxylic acids is 1. The number of hydrogen-bond acceptors (Lipinski definition) is 6. The van der Waals surface area contributed by atoms with Crippen molar-refractivity contribution in [1.29, 1.82) is 0 Å². The quantitative estimate of drug-likeness (QED) is 0.620. The number of amides is 2. The van der Waals surface area contributed by atoms with Gasteiger partial charge >= 0.3 is 5.97 Å². The van der Waals surface area contributed by atoms with Gasteiger partial charge in [0.05, 0.1) is 30.2 Å². The van der Waals surface area contributed by atoms with Crippen molar-refractivity contribution in [3.8, 4) is 0 Å². The van der Waals surface area contributed by atoms with E-state index in [1.807, 2.05) is 24.8 Å². The van der Waals surface area contributed by atoms with Crippen molar-refractivity contribution >= 4 is 28.8 Å². The number of morpholine rings is 1. The summed E-state index contributed by atoms with van der Waals surface area (Å²) in [7, 11) is 0. The zero-order valence-corrected chi connectivity index (χ0v) is 19.8. The third-order valence-corrected chi connectivity index (χ3v) is 6.40. The predicted molar refractivity (Wildman–Crippen MR) is 125 cm³/mol. The number of carbonyl (C=O) groups excluding carboxylic acids is 2. The molecule has 2 saturated heterocycles. The second kappa shape index (κ2) is 10.5. The third-order valence-electron chi connectivity index (χ3n) is 6.40. The number of fused-ring (bicyclic) bond motifs is 1. The average Bonchev–Trinajstić information content (AvgIpc) is 3.20. The normalized spacial score (nSPS) is 21.1. The van der Waals surface area contributed by atoms with Crippen molar-refractivity contribution < 1.29 is 24.2 Å². The van der Waals surface area contributed by atoms with Crippen molar-refractivity contribution in [2.24, 2.45) is 11.8 Å². The summed E-state index contributed by atoms with van der Waals surface area (Å²) in [5.74, 6) is -1.17. The average molecular weight is 472 g/mol. The van der Waals surface area contributed by atoms with Crippen molar-refractivity contribution in [3.05, 3.63) is 30.1 Å². The zero-order valence-electron chi connectivity index (χ0n) is 19.8. The minimum atomic E-state index is -1.04. The van der Waals surface area contributed by atoms with Gasteiger partial charge in [-0.2, -0.15) is 0 Å². The number of benzene rings is 1. The molecule has 0 radical (unpaired) electrons. The first-order chi connectivity index (χ1) is 16.3. The Morgan fingerprint density at radius 3 is 2.65 bits per heavy atom. The molecule has 0 unspecified atom stereocenters. The lowest BCUT2D eigenvalue weighted by Crippen LogP contribution is -2.56. The molecule has 184 valence electrons. The van der Waals surface area contributed by atoms with E-state index in [0.717, 1.165) is 0 Å². The topological polar surface area (TPSA) is 117 Å². The summed E-state index contributed by atoms with van der Waals surface area (Å²) >= 11 is 0. The van der Waals surface area contributed by atoms with E-state index in [-0.39, 0.29) is 42.1 Å². The lowest BCUT2D eigenvalue weighted by Gasteiger charge is -2.40. The predicted octanol–water partition coefficient (Wildman–Crippen LogP) is 1.06. The number of carbonyl (C=O) groups is 3. The molecule has 2 amide bonds. The van der Waals surface area contributed by atoms with Gasteiger partial charge in [0.15, 0.2) is 0 Å². The molecule has 4 rings (SSSR count). The number of imidazole rings is 1. The number of hydrogen-bond donors (Lipinski definition) is 2. The van der Waals surface area contributed by atoms with Crippen molar-refractivity contribution in [1.82, 2.24) is 24.7 Å². The standard InChI is InChI=1S/C24H33N5O5/c1-16(2)14-28(18-11-17(12-25-13-18)23(32)27-7-9-34-10-8-27)24(33)22-26-19-5-3-4-6-20(19)29(22)15-21(30)31/h3-6,16-18,25H,7-15H2,1-2H3,(H,30,31)/t17-,18+/m1/s1. The van der Waals surface area contributed by atoms with Gasteiger partial charge < -0.3 is 29.5 Å². The van der Waals surface area contributed by atoms with Crippen LogP contribution in [-0.2, 0) is 20.9 Å². The lowest BCUT2D eigenvalue weighted by atomic mass is 9.92. The second-order valence-corrected chi connectivity index (χ2v) is 9.44. The molecule has 0 saturated carbocycles. The van der Waals surface area contributed by atoms with Crippen LogP contribution in [0.3, 0.4) is 0 Å². The van der Waals surface area contributed by atoms with Crippen molar-refractivity contribution in [3.63, 3.8) is 0 Å². The van der Waals surface area contributed by atoms with Gasteiger partial charge in [0, 0.05) is 38.8 Å². The van der Waals surface area contributed by atoms with Crippen LogP contribution in [0.5, 0.6) is 0 Å². The smallest absolute Gasteiger partial charge is 0.323 e. The fraction of sp³-hybridized carbons (Fsp3) is 0.583. The Kier molecular flexibility index (Phi) is 7.47. The summed E-state index contributed by atoms with van der Waals surface area (Å²) in [6.45, 7) is 7.64. The molecule has 3 heterocycles. The van der Waals surface area contributed by atoms with Gasteiger partial charge in [-0.05, 0) is 24.5 Å². The number of para-hydroxylation sites is 2. The van der Waals surface area contributed by atoms with Gasteiger partial charge in [0.2, 0.25) is 11.7 Å². The molecule has 2 aliphatic heterocycles. The third kappa shape index (κ3) is 5.23. The number of carboxylic acid groups (broad SMARTS) is 1. The number of nitrogens with zero attached hydrogens (tertiary/aromatic N) is 4. The first-order valence-corrected chi connectivity index (χ1v) is 11.9. The van der Waals surface area contributed by atoms with Crippen molar-refractivity contribution in [2.75, 3.05) is 45.9 Å². The molecular weight excluding hydrogens is 438 g/mol. The van der Waals surface area contributed by atoms with Gasteiger partial charge in [-0.25, -0.2) is 4.98 Å². The van der Waals surface area contributed by atoms with Crippen LogP contribution in [0.4, 0.5) is 0 Å². The maximum absolute atomic E-state index is 13.8. The highest BCUT2D eigenvalue weighted by Gasteiger charge is 2.36. The van der Waals surface area contributed by atoms with E-state index in [1.165, 1.54) is 4.57 Å². The minimum Gasteiger partial charge on any atom is -0.480 e. The Hall–Kier alpha value is -2.98. The van der Waals surface area contributed by atoms with E-state index >= 15 is 0 Å². The molecule has 2 atom stereocenters. The zero-order chi connectivity index (χ0) is 24.2. The molecule has 2 fully saturated rings. The second-order valence-electron chi connectivity index (χ2n) is 9.44. The van der Waals surface area contributed by atoms with Crippen LogP contribution < -0.4 is 5.32 Å². The molecule has 0 bridgehead atoms. The number of ether oxygens (including phenoxy) is 1. The van der Waals surface area contributed by atoms with Crippen LogP contribution in [0.2, 0.25) is 0 Å². The van der Waals surface area contributed by atoms with Gasteiger partial charge in [-0.1, -0.05) is 26.0 Å². The molecule has 0 spiro atoms. The highest BCUT2D eigenvalue weighted by molar-refractivity contribution is 5.96. The Bertz CT molecular complexity index is 1050. The Balaban J connectivity index is 1.61. The first kappa shape index (κ1) is 24.2. The number of nitrogens with one attached hydrogen (secondary N) is 1. The minimum absolute atomic E-state index is 0.0931.